The summed E-state index contributed by atoms with van der Waals surface area (Å²) in [5, 5.41) is 9.90. The highest BCUT2D eigenvalue weighted by molar-refractivity contribution is 7.15. The first-order chi connectivity index (χ1) is 14.1. The molecule has 0 unspecified atom stereocenters. The summed E-state index contributed by atoms with van der Waals surface area (Å²) < 4.78 is 5.70. The van der Waals surface area contributed by atoms with Crippen LogP contribution in [0.25, 0.3) is 21.7 Å². The van der Waals surface area contributed by atoms with Gasteiger partial charge in [0.05, 0.1) is 21.8 Å². The van der Waals surface area contributed by atoms with Crippen molar-refractivity contribution in [2.45, 2.75) is 13.5 Å². The third-order valence-electron chi connectivity index (χ3n) is 4.25. The van der Waals surface area contributed by atoms with Gasteiger partial charge in [-0.05, 0) is 36.8 Å². The molecule has 29 heavy (non-hydrogen) atoms. The van der Waals surface area contributed by atoms with Crippen molar-refractivity contribution >= 4 is 17.3 Å². The first-order valence-corrected chi connectivity index (χ1v) is 9.72. The molecule has 144 valence electrons. The van der Waals surface area contributed by atoms with Crippen LogP contribution in [-0.4, -0.2) is 26.0 Å². The second kappa shape index (κ2) is 8.20. The summed E-state index contributed by atoms with van der Waals surface area (Å²) in [6, 6.07) is 16.8. The first kappa shape index (κ1) is 18.8. The maximum Gasteiger partial charge on any atom is 0.337 e. The number of hydrogen-bond acceptors (Lipinski definition) is 6. The number of nitrogens with zero attached hydrogens (tertiary/aromatic N) is 3. The number of benzene rings is 1. The summed E-state index contributed by atoms with van der Waals surface area (Å²) >= 11 is 1.58. The lowest BCUT2D eigenvalue weighted by molar-refractivity contribution is 0.0696. The third-order valence-corrected chi connectivity index (χ3v) is 5.43. The summed E-state index contributed by atoms with van der Waals surface area (Å²) in [4.78, 5) is 25.1. The van der Waals surface area contributed by atoms with Crippen molar-refractivity contribution < 1.29 is 14.6 Å². The fourth-order valence-electron chi connectivity index (χ4n) is 2.86. The fraction of sp³-hybridized carbons (Fsp3) is 0.0909. The molecule has 0 saturated heterocycles. The van der Waals surface area contributed by atoms with Crippen LogP contribution in [0.15, 0.2) is 67.0 Å². The second-order valence-electron chi connectivity index (χ2n) is 6.30. The van der Waals surface area contributed by atoms with Crippen LogP contribution in [0.4, 0.5) is 0 Å². The zero-order valence-electron chi connectivity index (χ0n) is 15.6. The normalized spacial score (nSPS) is 10.7. The van der Waals surface area contributed by atoms with Crippen LogP contribution >= 0.6 is 11.3 Å². The number of rotatable bonds is 6. The van der Waals surface area contributed by atoms with E-state index in [1.165, 1.54) is 6.20 Å². The number of aromatic nitrogens is 3. The molecule has 0 amide bonds. The van der Waals surface area contributed by atoms with E-state index in [2.05, 4.69) is 15.0 Å². The fourth-order valence-corrected chi connectivity index (χ4v) is 3.84. The molecule has 0 bridgehead atoms. The minimum atomic E-state index is -0.987. The Kier molecular flexibility index (Phi) is 5.31. The number of aromatic carboxylic acids is 1. The molecular formula is C22H17N3O3S. The van der Waals surface area contributed by atoms with Gasteiger partial charge in [0, 0.05) is 24.0 Å². The number of carboxylic acid groups (broad SMARTS) is 1. The lowest BCUT2D eigenvalue weighted by Crippen LogP contribution is -1.97. The van der Waals surface area contributed by atoms with Crippen molar-refractivity contribution in [2.75, 3.05) is 0 Å². The minimum Gasteiger partial charge on any atom is -0.478 e. The zero-order chi connectivity index (χ0) is 20.2. The maximum atomic E-state index is 11.0. The number of aryl methyl sites for hydroxylation is 1. The van der Waals surface area contributed by atoms with E-state index >= 15 is 0 Å². The molecule has 0 aliphatic heterocycles. The summed E-state index contributed by atoms with van der Waals surface area (Å²) in [6.45, 7) is 2.34. The summed E-state index contributed by atoms with van der Waals surface area (Å²) in [6.07, 6.45) is 3.06. The van der Waals surface area contributed by atoms with Gasteiger partial charge in [0.1, 0.15) is 11.6 Å². The summed E-state index contributed by atoms with van der Waals surface area (Å²) in [7, 11) is 0. The van der Waals surface area contributed by atoms with Crippen LogP contribution in [0.5, 0.6) is 5.88 Å². The van der Waals surface area contributed by atoms with E-state index in [0.717, 1.165) is 32.4 Å². The Hall–Kier alpha value is -3.58. The predicted molar refractivity (Wildman–Crippen MR) is 111 cm³/mol. The van der Waals surface area contributed by atoms with E-state index in [-0.39, 0.29) is 5.56 Å². The molecule has 0 aliphatic rings. The van der Waals surface area contributed by atoms with Crippen LogP contribution in [0.3, 0.4) is 0 Å². The molecule has 0 spiro atoms. The molecule has 1 aromatic carbocycles. The number of carboxylic acids is 1. The van der Waals surface area contributed by atoms with Crippen LogP contribution in [0.2, 0.25) is 0 Å². The molecule has 0 fully saturated rings. The predicted octanol–water partition coefficient (Wildman–Crippen LogP) is 4.85. The standard InChI is InChI=1S/C22H17N3O3S/c1-14-21(29-20(25-14)13-28-19-7-2-3-10-23-19)16-6-4-5-15(11-16)18-9-8-17(12-24-18)22(26)27/h2-12H,13H2,1H3,(H,26,27). The molecule has 3 aromatic heterocycles. The van der Waals surface area contributed by atoms with Gasteiger partial charge in [0.15, 0.2) is 0 Å². The number of pyridine rings is 2. The SMILES string of the molecule is Cc1nc(COc2ccccn2)sc1-c1cccc(-c2ccc(C(=O)O)cn2)c1. The van der Waals surface area contributed by atoms with Gasteiger partial charge in [-0.15, -0.1) is 11.3 Å². The van der Waals surface area contributed by atoms with Gasteiger partial charge < -0.3 is 9.84 Å². The highest BCUT2D eigenvalue weighted by atomic mass is 32.1. The van der Waals surface area contributed by atoms with E-state index in [4.69, 9.17) is 9.84 Å². The molecule has 0 atom stereocenters. The van der Waals surface area contributed by atoms with Gasteiger partial charge in [0.25, 0.3) is 0 Å². The van der Waals surface area contributed by atoms with Gasteiger partial charge in [-0.2, -0.15) is 0 Å². The molecule has 4 aromatic rings. The van der Waals surface area contributed by atoms with Gasteiger partial charge in [0.2, 0.25) is 5.88 Å². The van der Waals surface area contributed by atoms with Crippen molar-refractivity contribution in [2.24, 2.45) is 0 Å². The number of ether oxygens (including phenoxy) is 1. The Morgan fingerprint density at radius 1 is 1.07 bits per heavy atom. The highest BCUT2D eigenvalue weighted by Gasteiger charge is 2.12. The van der Waals surface area contributed by atoms with Crippen molar-refractivity contribution in [1.29, 1.82) is 0 Å². The Morgan fingerprint density at radius 2 is 1.93 bits per heavy atom. The van der Waals surface area contributed by atoms with Crippen molar-refractivity contribution in [1.82, 2.24) is 15.0 Å². The molecule has 1 N–H and O–H groups in total. The third kappa shape index (κ3) is 4.30. The zero-order valence-corrected chi connectivity index (χ0v) is 16.4. The number of hydrogen-bond donors (Lipinski definition) is 1. The Bertz CT molecular complexity index is 1140. The first-order valence-electron chi connectivity index (χ1n) is 8.90. The molecule has 7 heteroatoms. The van der Waals surface area contributed by atoms with Crippen LogP contribution in [0.1, 0.15) is 21.1 Å². The van der Waals surface area contributed by atoms with E-state index in [1.54, 1.807) is 29.7 Å². The number of thiazole rings is 1. The largest absolute Gasteiger partial charge is 0.478 e. The molecule has 0 aliphatic carbocycles. The average Bonchev–Trinajstić information content (AvgIpc) is 3.14. The Labute approximate surface area is 171 Å². The topological polar surface area (TPSA) is 85.2 Å². The molecule has 6 nitrogen and oxygen atoms in total. The molecular weight excluding hydrogens is 386 g/mol. The smallest absolute Gasteiger partial charge is 0.337 e. The quantitative estimate of drug-likeness (QED) is 0.495. The van der Waals surface area contributed by atoms with Crippen molar-refractivity contribution in [3.05, 3.63) is 83.3 Å². The van der Waals surface area contributed by atoms with Crippen molar-refractivity contribution in [3.63, 3.8) is 0 Å². The van der Waals surface area contributed by atoms with Gasteiger partial charge in [-0.25, -0.2) is 14.8 Å². The van der Waals surface area contributed by atoms with Crippen LogP contribution in [0, 0.1) is 6.92 Å². The van der Waals surface area contributed by atoms with Gasteiger partial charge in [-0.3, -0.25) is 4.98 Å². The van der Waals surface area contributed by atoms with E-state index < -0.39 is 5.97 Å². The maximum absolute atomic E-state index is 11.0. The van der Waals surface area contributed by atoms with Gasteiger partial charge in [-0.1, -0.05) is 24.3 Å². The lowest BCUT2D eigenvalue weighted by atomic mass is 10.1. The van der Waals surface area contributed by atoms with Crippen molar-refractivity contribution in [3.8, 4) is 27.6 Å². The molecule has 4 rings (SSSR count). The molecule has 0 radical (unpaired) electrons. The lowest BCUT2D eigenvalue weighted by Gasteiger charge is -2.05. The Morgan fingerprint density at radius 3 is 2.66 bits per heavy atom. The van der Waals surface area contributed by atoms with E-state index in [9.17, 15) is 4.79 Å². The van der Waals surface area contributed by atoms with Crippen LogP contribution in [-0.2, 0) is 6.61 Å². The number of carbonyl (C=O) groups is 1. The molecule has 0 saturated carbocycles. The van der Waals surface area contributed by atoms with E-state index in [1.807, 2.05) is 49.4 Å². The molecule has 3 heterocycles. The van der Waals surface area contributed by atoms with E-state index in [0.29, 0.717) is 12.5 Å². The second-order valence-corrected chi connectivity index (χ2v) is 7.38. The van der Waals surface area contributed by atoms with Gasteiger partial charge >= 0.3 is 5.97 Å². The Balaban J connectivity index is 1.56. The minimum absolute atomic E-state index is 0.167. The monoisotopic (exact) mass is 403 g/mol. The average molecular weight is 403 g/mol. The summed E-state index contributed by atoms with van der Waals surface area (Å²) in [5.41, 5.74) is 3.77. The highest BCUT2D eigenvalue weighted by Crippen LogP contribution is 2.32. The summed E-state index contributed by atoms with van der Waals surface area (Å²) in [5.74, 6) is -0.418. The van der Waals surface area contributed by atoms with Crippen LogP contribution < -0.4 is 4.74 Å².